The van der Waals surface area contributed by atoms with Crippen molar-refractivity contribution in [3.05, 3.63) is 35.5 Å². The molecule has 0 aromatic heterocycles. The zero-order valence-corrected chi connectivity index (χ0v) is 57.7. The van der Waals surface area contributed by atoms with Crippen LogP contribution in [0.25, 0.3) is 0 Å². The lowest BCUT2D eigenvalue weighted by Crippen LogP contribution is -2.54. The number of hydrogen-bond donors (Lipinski definition) is 0. The Bertz CT molecular complexity index is 1720. The molecule has 0 heterocycles. The van der Waals surface area contributed by atoms with Gasteiger partial charge in [-0.2, -0.15) is 0 Å². The summed E-state index contributed by atoms with van der Waals surface area (Å²) in [6.07, 6.45) is 19.6. The third-order valence-electron chi connectivity index (χ3n) is 21.4. The van der Waals surface area contributed by atoms with Crippen LogP contribution in [0.4, 0.5) is 0 Å². The van der Waals surface area contributed by atoms with Crippen LogP contribution in [0.3, 0.4) is 0 Å². The van der Waals surface area contributed by atoms with Crippen LogP contribution in [0, 0.1) is 23.2 Å². The highest BCUT2D eigenvalue weighted by Crippen LogP contribution is 2.61. The molecule has 3 unspecified atom stereocenters. The van der Waals surface area contributed by atoms with Gasteiger partial charge in [0.15, 0.2) is 41.6 Å². The van der Waals surface area contributed by atoms with E-state index in [2.05, 4.69) is 177 Å². The molecule has 3 fully saturated rings. The van der Waals surface area contributed by atoms with Crippen molar-refractivity contribution in [1.29, 1.82) is 0 Å². The van der Waals surface area contributed by atoms with Crippen LogP contribution in [-0.4, -0.2) is 71.1 Å². The van der Waals surface area contributed by atoms with E-state index < -0.39 is 41.6 Å². The number of rotatable bonds is 29. The molecular weight excluding hydrogens is 965 g/mol. The molecule has 7 atom stereocenters. The Morgan fingerprint density at radius 3 is 1.64 bits per heavy atom. The summed E-state index contributed by atoms with van der Waals surface area (Å²) < 4.78 is 37.1. The van der Waals surface area contributed by atoms with E-state index in [0.717, 1.165) is 25.7 Å². The van der Waals surface area contributed by atoms with Crippen LogP contribution in [0.1, 0.15) is 216 Å². The summed E-state index contributed by atoms with van der Waals surface area (Å²) in [5.41, 5.74) is 4.12. The Balaban J connectivity index is 2.11. The lowest BCUT2D eigenvalue weighted by atomic mass is 9.60. The second-order valence-corrected chi connectivity index (χ2v) is 52.1. The van der Waals surface area contributed by atoms with Crippen LogP contribution in [-0.2, 0) is 22.1 Å². The molecule has 10 heteroatoms. The average Bonchev–Trinajstić information content (AvgIpc) is 3.66. The predicted molar refractivity (Wildman–Crippen MR) is 330 cm³/mol. The molecule has 0 amide bonds. The molecule has 0 aliphatic heterocycles. The highest BCUT2D eigenvalue weighted by molar-refractivity contribution is 6.75. The van der Waals surface area contributed by atoms with Crippen molar-refractivity contribution in [3.63, 3.8) is 0 Å². The summed E-state index contributed by atoms with van der Waals surface area (Å²) in [5.74, 6) is 1.96. The van der Waals surface area contributed by atoms with Crippen LogP contribution in [0.5, 0.6) is 0 Å². The van der Waals surface area contributed by atoms with E-state index in [0.29, 0.717) is 17.8 Å². The topological polar surface area (TPSA) is 46.2 Å². The maximum absolute atomic E-state index is 7.73. The molecule has 0 radical (unpaired) electrons. The molecule has 72 heavy (non-hydrogen) atoms. The number of fused-ring (bicyclic) bond motifs is 1. The van der Waals surface area contributed by atoms with E-state index in [9.17, 15) is 0 Å². The lowest BCUT2D eigenvalue weighted by Gasteiger charge is -2.48. The Kier molecular flexibility index (Phi) is 24.3. The molecule has 0 aromatic carbocycles. The summed E-state index contributed by atoms with van der Waals surface area (Å²) in [4.78, 5) is 0. The molecule has 5 nitrogen and oxygen atoms in total. The van der Waals surface area contributed by atoms with Gasteiger partial charge in [-0.05, 0) is 210 Å². The van der Waals surface area contributed by atoms with Crippen molar-refractivity contribution >= 4 is 41.6 Å². The summed E-state index contributed by atoms with van der Waals surface area (Å²) in [6, 6.07) is 10.7. The van der Waals surface area contributed by atoms with Crippen molar-refractivity contribution in [2.45, 2.75) is 336 Å². The highest BCUT2D eigenvalue weighted by atomic mass is 28.4. The van der Waals surface area contributed by atoms with Gasteiger partial charge in [0.2, 0.25) is 0 Å². The van der Waals surface area contributed by atoms with Gasteiger partial charge < -0.3 is 22.1 Å². The molecule has 0 spiro atoms. The van der Waals surface area contributed by atoms with Gasteiger partial charge in [-0.25, -0.2) is 0 Å². The monoisotopic (exact) mass is 1090 g/mol. The zero-order valence-electron chi connectivity index (χ0n) is 52.7. The first-order valence-electron chi connectivity index (χ1n) is 30.7. The summed E-state index contributed by atoms with van der Waals surface area (Å²) in [5, 5.41) is 0.282. The van der Waals surface area contributed by atoms with Crippen LogP contribution in [0.2, 0.25) is 90.7 Å². The molecule has 0 saturated heterocycles. The Morgan fingerprint density at radius 1 is 0.639 bits per heavy atom. The highest BCUT2D eigenvalue weighted by Gasteiger charge is 2.53. The second kappa shape index (κ2) is 26.4. The van der Waals surface area contributed by atoms with Gasteiger partial charge >= 0.3 is 0 Å². The summed E-state index contributed by atoms with van der Waals surface area (Å²) in [6.45, 7) is 62.6. The Morgan fingerprint density at radius 2 is 1.14 bits per heavy atom. The van der Waals surface area contributed by atoms with E-state index in [1.165, 1.54) is 117 Å². The first-order valence-corrected chi connectivity index (χ1v) is 44.1. The maximum Gasteiger partial charge on any atom is 0.192 e. The first-order chi connectivity index (χ1) is 33.1. The van der Waals surface area contributed by atoms with Crippen molar-refractivity contribution in [1.82, 2.24) is 0 Å². The van der Waals surface area contributed by atoms with Crippen molar-refractivity contribution in [2.75, 3.05) is 0 Å². The Labute approximate surface area is 455 Å². The van der Waals surface area contributed by atoms with E-state index in [1.54, 1.807) is 5.57 Å². The van der Waals surface area contributed by atoms with Crippen molar-refractivity contribution < 1.29 is 22.1 Å². The van der Waals surface area contributed by atoms with E-state index in [1.807, 2.05) is 0 Å². The molecule has 422 valence electrons. The van der Waals surface area contributed by atoms with E-state index in [-0.39, 0.29) is 45.0 Å². The van der Waals surface area contributed by atoms with Crippen LogP contribution in [0.15, 0.2) is 35.5 Å². The molecule has 3 saturated carbocycles. The Hall–Kier alpha value is 0.104. The lowest BCUT2D eigenvalue weighted by molar-refractivity contribution is -0.0376. The SMILES string of the molecule is C=C1C(=CC=C2CCC[C@@]3(C)C2CCC3[C@@H](CCCC(C)(C)O[Si](CC)(CC)CC)CCC(O[Si](CC)(CC)CC)C(C)(C)O[Si](CC)(CC)CC)C[C@@H](O[Si](C)(C)C(C)(C)C)C[C@@H]1O[Si](C)(C)C(C)(C)C. The van der Waals surface area contributed by atoms with Crippen molar-refractivity contribution in [3.8, 4) is 0 Å². The fourth-order valence-corrected chi connectivity index (χ4v) is 25.6. The van der Waals surface area contributed by atoms with Crippen molar-refractivity contribution in [2.24, 2.45) is 23.2 Å². The van der Waals surface area contributed by atoms with E-state index >= 15 is 0 Å². The molecule has 3 aliphatic rings. The van der Waals surface area contributed by atoms with Gasteiger partial charge in [-0.3, -0.25) is 0 Å². The van der Waals surface area contributed by atoms with Gasteiger partial charge in [0.05, 0.1) is 29.5 Å². The molecule has 0 bridgehead atoms. The van der Waals surface area contributed by atoms with Gasteiger partial charge in [-0.15, -0.1) is 0 Å². The molecule has 3 rings (SSSR count). The fourth-order valence-electron chi connectivity index (χ4n) is 13.6. The third kappa shape index (κ3) is 16.3. The minimum Gasteiger partial charge on any atom is -0.413 e. The standard InChI is InChI=1S/C62H124O5Si5/c1-26-70(27-2,28-3)65-57(61(19,20)67-72(32-7,33-8)34-9)44-41-51(37-35-45-60(17,18)66-71(29-4,30-5)31-6)55-43-42-54-50(38-36-46-62(54,55)21)39-40-52-47-53(63-68(22,23)58(11,12)13)48-56(49(52)10)64-69(24,25)59(14,15)16/h39-40,51,53-57H,10,26-38,41-48H2,1-9,11-25H3/t51-,53+,54?,55?,56-,57?,62-/m0/s1. The van der Waals surface area contributed by atoms with Gasteiger partial charge in [0, 0.05) is 6.42 Å². The number of allylic oxidation sites excluding steroid dienone is 3. The average molecular weight is 1090 g/mol. The summed E-state index contributed by atoms with van der Waals surface area (Å²) >= 11 is 0. The maximum atomic E-state index is 7.73. The van der Waals surface area contributed by atoms with Crippen LogP contribution < -0.4 is 0 Å². The zero-order chi connectivity index (χ0) is 55.0. The predicted octanol–water partition coefficient (Wildman–Crippen LogP) is 20.7. The smallest absolute Gasteiger partial charge is 0.192 e. The van der Waals surface area contributed by atoms with E-state index in [4.69, 9.17) is 28.7 Å². The second-order valence-electron chi connectivity index (χ2n) is 28.5. The molecule has 0 aromatic rings. The first kappa shape index (κ1) is 66.4. The largest absolute Gasteiger partial charge is 0.413 e. The fraction of sp³-hybridized carbons (Fsp3) is 0.903. The van der Waals surface area contributed by atoms with Gasteiger partial charge in [0.25, 0.3) is 0 Å². The number of hydrogen-bond acceptors (Lipinski definition) is 5. The minimum atomic E-state index is -2.05. The van der Waals surface area contributed by atoms with Gasteiger partial charge in [-0.1, -0.05) is 148 Å². The molecule has 3 aliphatic carbocycles. The molecule has 0 N–H and O–H groups in total. The molecular formula is C62H124O5Si5. The normalized spacial score (nSPS) is 25.6. The summed E-state index contributed by atoms with van der Waals surface area (Å²) in [7, 11) is -9.60. The van der Waals surface area contributed by atoms with Crippen LogP contribution >= 0.6 is 0 Å². The third-order valence-corrected chi connectivity index (χ3v) is 44.8. The van der Waals surface area contributed by atoms with Gasteiger partial charge in [0.1, 0.15) is 0 Å². The quantitative estimate of drug-likeness (QED) is 0.0699. The minimum absolute atomic E-state index is 0.0000253.